The Morgan fingerprint density at radius 2 is 2.14 bits per heavy atom. The molecule has 3 N–H and O–H groups in total. The third-order valence-corrected chi connectivity index (χ3v) is 3.80. The molecule has 0 aliphatic carbocycles. The number of nitrogen functional groups attached to an aromatic ring is 1. The minimum absolute atomic E-state index is 0.184. The summed E-state index contributed by atoms with van der Waals surface area (Å²) in [6.07, 6.45) is 1.49. The number of nitrogens with zero attached hydrogens (tertiary/aromatic N) is 2. The molecule has 0 saturated carbocycles. The molecular formula is C14H18N4O3S. The molecule has 1 aromatic carbocycles. The van der Waals surface area contributed by atoms with Crippen molar-refractivity contribution >= 4 is 22.4 Å². The van der Waals surface area contributed by atoms with Crippen LogP contribution in [0.1, 0.15) is 21.8 Å². The van der Waals surface area contributed by atoms with Gasteiger partial charge >= 0.3 is 0 Å². The van der Waals surface area contributed by atoms with E-state index in [0.29, 0.717) is 28.7 Å². The first-order valence-corrected chi connectivity index (χ1v) is 7.53. The van der Waals surface area contributed by atoms with Crippen molar-refractivity contribution in [3.05, 3.63) is 28.8 Å². The fourth-order valence-corrected chi connectivity index (χ4v) is 2.54. The molecule has 0 saturated heterocycles. The Bertz CT molecular complexity index is 645. The predicted octanol–water partition coefficient (Wildman–Crippen LogP) is 1.50. The number of carbonyl (C=O) groups excluding carboxylic acids is 1. The van der Waals surface area contributed by atoms with Gasteiger partial charge in [-0.05, 0) is 18.6 Å². The number of aromatic nitrogens is 2. The van der Waals surface area contributed by atoms with Gasteiger partial charge in [0.05, 0.1) is 19.8 Å². The molecule has 7 nitrogen and oxygen atoms in total. The Labute approximate surface area is 132 Å². The van der Waals surface area contributed by atoms with Crippen LogP contribution >= 0.6 is 11.3 Å². The summed E-state index contributed by atoms with van der Waals surface area (Å²) < 4.78 is 10.3. The number of benzene rings is 1. The number of hydrogen-bond acceptors (Lipinski definition) is 7. The maximum absolute atomic E-state index is 12.2. The molecule has 0 aliphatic rings. The number of aryl methyl sites for hydroxylation is 1. The molecule has 0 bridgehead atoms. The van der Waals surface area contributed by atoms with Gasteiger partial charge in [0.1, 0.15) is 16.5 Å². The average molecular weight is 322 g/mol. The first kappa shape index (κ1) is 16.0. The van der Waals surface area contributed by atoms with Crippen molar-refractivity contribution in [1.82, 2.24) is 15.5 Å². The van der Waals surface area contributed by atoms with E-state index in [1.807, 2.05) is 0 Å². The second kappa shape index (κ2) is 7.60. The van der Waals surface area contributed by atoms with Gasteiger partial charge in [-0.25, -0.2) is 0 Å². The van der Waals surface area contributed by atoms with Gasteiger partial charge in [-0.3, -0.25) is 4.79 Å². The van der Waals surface area contributed by atoms with E-state index >= 15 is 0 Å². The summed E-state index contributed by atoms with van der Waals surface area (Å²) in [6, 6.07) is 5.08. The minimum atomic E-state index is -0.184. The Kier molecular flexibility index (Phi) is 5.54. The van der Waals surface area contributed by atoms with Crippen molar-refractivity contribution in [2.24, 2.45) is 0 Å². The van der Waals surface area contributed by atoms with Crippen molar-refractivity contribution in [2.45, 2.75) is 12.8 Å². The van der Waals surface area contributed by atoms with Gasteiger partial charge in [0.2, 0.25) is 5.13 Å². The van der Waals surface area contributed by atoms with E-state index < -0.39 is 0 Å². The highest BCUT2D eigenvalue weighted by atomic mass is 32.1. The summed E-state index contributed by atoms with van der Waals surface area (Å²) in [6.45, 7) is 0.535. The Balaban J connectivity index is 1.86. The normalized spacial score (nSPS) is 10.3. The first-order valence-electron chi connectivity index (χ1n) is 6.72. The fourth-order valence-electron chi connectivity index (χ4n) is 1.89. The zero-order chi connectivity index (χ0) is 15.9. The van der Waals surface area contributed by atoms with Crippen LogP contribution in [0.5, 0.6) is 11.5 Å². The van der Waals surface area contributed by atoms with E-state index in [2.05, 4.69) is 15.5 Å². The van der Waals surface area contributed by atoms with E-state index in [4.69, 9.17) is 15.2 Å². The lowest BCUT2D eigenvalue weighted by Gasteiger charge is -2.10. The van der Waals surface area contributed by atoms with Crippen molar-refractivity contribution in [3.8, 4) is 11.5 Å². The molecule has 8 heteroatoms. The maximum Gasteiger partial charge on any atom is 0.255 e. The summed E-state index contributed by atoms with van der Waals surface area (Å²) in [4.78, 5) is 12.2. The highest BCUT2D eigenvalue weighted by Crippen LogP contribution is 2.24. The van der Waals surface area contributed by atoms with Gasteiger partial charge in [-0.2, -0.15) is 0 Å². The van der Waals surface area contributed by atoms with Crippen LogP contribution in [0.4, 0.5) is 5.13 Å². The number of nitrogens with one attached hydrogen (secondary N) is 1. The molecule has 0 atom stereocenters. The average Bonchev–Trinajstić information content (AvgIpc) is 2.96. The van der Waals surface area contributed by atoms with Crippen LogP contribution in [0.2, 0.25) is 0 Å². The number of amides is 1. The smallest absolute Gasteiger partial charge is 0.255 e. The number of carbonyl (C=O) groups is 1. The van der Waals surface area contributed by atoms with Crippen LogP contribution < -0.4 is 20.5 Å². The van der Waals surface area contributed by atoms with Crippen molar-refractivity contribution in [1.29, 1.82) is 0 Å². The lowest BCUT2D eigenvalue weighted by molar-refractivity contribution is 0.0950. The second-order valence-electron chi connectivity index (χ2n) is 4.46. The zero-order valence-electron chi connectivity index (χ0n) is 12.5. The molecule has 2 aromatic rings. The number of ether oxygens (including phenoxy) is 2. The van der Waals surface area contributed by atoms with Crippen molar-refractivity contribution < 1.29 is 14.3 Å². The third kappa shape index (κ3) is 4.08. The van der Waals surface area contributed by atoms with Gasteiger partial charge in [0.25, 0.3) is 5.91 Å². The van der Waals surface area contributed by atoms with Gasteiger partial charge in [-0.1, -0.05) is 11.3 Å². The molecule has 2 rings (SSSR count). The SMILES string of the molecule is COc1ccc(C(=O)NCCCc2nnc(N)s2)c(OC)c1. The topological polar surface area (TPSA) is 99.4 Å². The lowest BCUT2D eigenvalue weighted by Crippen LogP contribution is -2.25. The van der Waals surface area contributed by atoms with Gasteiger partial charge < -0.3 is 20.5 Å². The number of anilines is 1. The Morgan fingerprint density at radius 3 is 2.77 bits per heavy atom. The van der Waals surface area contributed by atoms with Crippen molar-refractivity contribution in [3.63, 3.8) is 0 Å². The molecule has 118 valence electrons. The zero-order valence-corrected chi connectivity index (χ0v) is 13.3. The molecule has 0 unspecified atom stereocenters. The molecule has 0 radical (unpaired) electrons. The first-order chi connectivity index (χ1) is 10.6. The van der Waals surface area contributed by atoms with Crippen LogP contribution in [0.25, 0.3) is 0 Å². The minimum Gasteiger partial charge on any atom is -0.497 e. The lowest BCUT2D eigenvalue weighted by atomic mass is 10.1. The largest absolute Gasteiger partial charge is 0.497 e. The highest BCUT2D eigenvalue weighted by molar-refractivity contribution is 7.15. The van der Waals surface area contributed by atoms with Crippen LogP contribution in [0.15, 0.2) is 18.2 Å². The predicted molar refractivity (Wildman–Crippen MR) is 84.5 cm³/mol. The number of nitrogens with two attached hydrogens (primary N) is 1. The van der Waals surface area contributed by atoms with E-state index in [-0.39, 0.29) is 5.91 Å². The summed E-state index contributed by atoms with van der Waals surface area (Å²) in [5, 5.41) is 11.9. The van der Waals surface area contributed by atoms with Crippen LogP contribution in [0.3, 0.4) is 0 Å². The summed E-state index contributed by atoms with van der Waals surface area (Å²) in [5.74, 6) is 0.937. The number of hydrogen-bond donors (Lipinski definition) is 2. The van der Waals surface area contributed by atoms with Gasteiger partial charge in [-0.15, -0.1) is 10.2 Å². The standard InChI is InChI=1S/C14H18N4O3S/c1-20-9-5-6-10(11(8-9)21-2)13(19)16-7-3-4-12-17-18-14(15)22-12/h5-6,8H,3-4,7H2,1-2H3,(H2,15,18)(H,16,19). The van der Waals surface area contributed by atoms with Crippen LogP contribution in [-0.2, 0) is 6.42 Å². The maximum atomic E-state index is 12.2. The van der Waals surface area contributed by atoms with E-state index in [0.717, 1.165) is 17.8 Å². The van der Waals surface area contributed by atoms with E-state index in [1.165, 1.54) is 18.4 Å². The number of rotatable bonds is 7. The van der Waals surface area contributed by atoms with E-state index in [1.54, 1.807) is 25.3 Å². The quantitative estimate of drug-likeness (QED) is 0.749. The summed E-state index contributed by atoms with van der Waals surface area (Å²) >= 11 is 1.36. The summed E-state index contributed by atoms with van der Waals surface area (Å²) in [7, 11) is 3.08. The monoisotopic (exact) mass is 322 g/mol. The van der Waals surface area contributed by atoms with E-state index in [9.17, 15) is 4.79 Å². The highest BCUT2D eigenvalue weighted by Gasteiger charge is 2.12. The van der Waals surface area contributed by atoms with Crippen LogP contribution in [0, 0.1) is 0 Å². The fraction of sp³-hybridized carbons (Fsp3) is 0.357. The molecule has 1 heterocycles. The molecule has 1 amide bonds. The van der Waals surface area contributed by atoms with Gasteiger partial charge in [0, 0.05) is 19.0 Å². The van der Waals surface area contributed by atoms with Crippen LogP contribution in [-0.4, -0.2) is 36.9 Å². The van der Waals surface area contributed by atoms with Gasteiger partial charge in [0.15, 0.2) is 0 Å². The summed E-state index contributed by atoms with van der Waals surface area (Å²) in [5.41, 5.74) is 5.99. The molecule has 22 heavy (non-hydrogen) atoms. The second-order valence-corrected chi connectivity index (χ2v) is 5.55. The molecule has 0 spiro atoms. The molecular weight excluding hydrogens is 304 g/mol. The third-order valence-electron chi connectivity index (χ3n) is 2.99. The van der Waals surface area contributed by atoms with Crippen molar-refractivity contribution in [2.75, 3.05) is 26.5 Å². The molecule has 1 aromatic heterocycles. The molecule has 0 fully saturated rings. The molecule has 0 aliphatic heterocycles. The Morgan fingerprint density at radius 1 is 1.32 bits per heavy atom. The Hall–Kier alpha value is -2.35. The number of methoxy groups -OCH3 is 2.